The van der Waals surface area contributed by atoms with Crippen LogP contribution in [0.15, 0.2) is 48.5 Å². The molecule has 0 atom stereocenters. The fourth-order valence-electron chi connectivity index (χ4n) is 3.47. The van der Waals surface area contributed by atoms with Crippen molar-refractivity contribution in [3.63, 3.8) is 0 Å². The highest BCUT2D eigenvalue weighted by Gasteiger charge is 2.02. The Morgan fingerprint density at radius 2 is 1.11 bits per heavy atom. The van der Waals surface area contributed by atoms with Crippen molar-refractivity contribution in [2.45, 2.75) is 77.6 Å². The highest BCUT2D eigenvalue weighted by Crippen LogP contribution is 2.15. The first-order valence-corrected chi connectivity index (χ1v) is 10.5. The number of hydrogen-bond donors (Lipinski definition) is 1. The lowest BCUT2D eigenvalue weighted by Crippen LogP contribution is -2.00. The van der Waals surface area contributed by atoms with Crippen LogP contribution in [0, 0.1) is 0 Å². The van der Waals surface area contributed by atoms with Crippen LogP contribution in [0.4, 0.5) is 0 Å². The minimum Gasteiger partial charge on any atom is -0.481 e. The van der Waals surface area contributed by atoms with Gasteiger partial charge in [-0.2, -0.15) is 0 Å². The second-order valence-corrected chi connectivity index (χ2v) is 7.61. The molecule has 0 amide bonds. The van der Waals surface area contributed by atoms with E-state index in [1.807, 2.05) is 24.3 Å². The van der Waals surface area contributed by atoms with Gasteiger partial charge in [-0.25, -0.2) is 0 Å². The first-order valence-electron chi connectivity index (χ1n) is 10.5. The Hall–Kier alpha value is -2.09. The molecule has 0 heterocycles. The second-order valence-electron chi connectivity index (χ2n) is 7.61. The van der Waals surface area contributed by atoms with Gasteiger partial charge in [0, 0.05) is 0 Å². The Kier molecular flexibility index (Phi) is 9.68. The lowest BCUT2D eigenvalue weighted by atomic mass is 9.99. The van der Waals surface area contributed by atoms with E-state index in [4.69, 9.17) is 5.11 Å². The molecule has 0 saturated heterocycles. The molecule has 0 unspecified atom stereocenters. The zero-order valence-corrected chi connectivity index (χ0v) is 16.8. The van der Waals surface area contributed by atoms with Gasteiger partial charge in [-0.05, 0) is 41.5 Å². The highest BCUT2D eigenvalue weighted by molar-refractivity contribution is 5.70. The van der Waals surface area contributed by atoms with Gasteiger partial charge in [-0.3, -0.25) is 4.79 Å². The molecule has 146 valence electrons. The van der Waals surface area contributed by atoms with Crippen molar-refractivity contribution in [1.29, 1.82) is 0 Å². The Bertz CT molecular complexity index is 656. The van der Waals surface area contributed by atoms with E-state index in [1.54, 1.807) is 0 Å². The maximum Gasteiger partial charge on any atom is 0.307 e. The predicted molar refractivity (Wildman–Crippen MR) is 113 cm³/mol. The summed E-state index contributed by atoms with van der Waals surface area (Å²) in [6, 6.07) is 16.9. The maximum atomic E-state index is 10.7. The molecule has 0 aliphatic heterocycles. The number of benzene rings is 2. The molecule has 0 fully saturated rings. The fraction of sp³-hybridized carbons (Fsp3) is 0.480. The Labute approximate surface area is 164 Å². The summed E-state index contributed by atoms with van der Waals surface area (Å²) in [5, 5.41) is 8.83. The van der Waals surface area contributed by atoms with Gasteiger partial charge in [0.25, 0.3) is 0 Å². The summed E-state index contributed by atoms with van der Waals surface area (Å²) in [4.78, 5) is 10.7. The SMILES string of the molecule is CCCCCCCCCCc1ccc(Cc2ccc(CC(=O)O)cc2)cc1. The minimum atomic E-state index is -0.783. The second kappa shape index (κ2) is 12.3. The lowest BCUT2D eigenvalue weighted by Gasteiger charge is -2.06. The van der Waals surface area contributed by atoms with Crippen LogP contribution in [0.3, 0.4) is 0 Å². The lowest BCUT2D eigenvalue weighted by molar-refractivity contribution is -0.136. The molecule has 0 saturated carbocycles. The summed E-state index contributed by atoms with van der Waals surface area (Å²) in [6.07, 6.45) is 13.1. The molecule has 0 spiro atoms. The molecular formula is C25H34O2. The van der Waals surface area contributed by atoms with Crippen LogP contribution < -0.4 is 0 Å². The third kappa shape index (κ3) is 8.90. The van der Waals surface area contributed by atoms with Gasteiger partial charge in [0.15, 0.2) is 0 Å². The number of aliphatic carboxylic acids is 1. The molecule has 2 nitrogen and oxygen atoms in total. The molecule has 2 rings (SSSR count). The van der Waals surface area contributed by atoms with Gasteiger partial charge in [-0.15, -0.1) is 0 Å². The molecule has 0 bridgehead atoms. The van der Waals surface area contributed by atoms with Crippen molar-refractivity contribution in [2.75, 3.05) is 0 Å². The van der Waals surface area contributed by atoms with E-state index in [2.05, 4.69) is 31.2 Å². The number of carboxylic acids is 1. The summed E-state index contributed by atoms with van der Waals surface area (Å²) in [5.74, 6) is -0.783. The van der Waals surface area contributed by atoms with E-state index >= 15 is 0 Å². The van der Waals surface area contributed by atoms with Crippen LogP contribution in [0.5, 0.6) is 0 Å². The van der Waals surface area contributed by atoms with E-state index in [0.29, 0.717) is 0 Å². The number of hydrogen-bond acceptors (Lipinski definition) is 1. The van der Waals surface area contributed by atoms with Crippen molar-refractivity contribution >= 4 is 5.97 Å². The average Bonchev–Trinajstić information content (AvgIpc) is 2.66. The molecule has 0 aromatic heterocycles. The summed E-state index contributed by atoms with van der Waals surface area (Å²) >= 11 is 0. The van der Waals surface area contributed by atoms with E-state index in [1.165, 1.54) is 74.5 Å². The number of carboxylic acid groups (broad SMARTS) is 1. The molecule has 2 heteroatoms. The van der Waals surface area contributed by atoms with Crippen molar-refractivity contribution in [2.24, 2.45) is 0 Å². The van der Waals surface area contributed by atoms with E-state index in [0.717, 1.165) is 12.0 Å². The zero-order chi connectivity index (χ0) is 19.3. The highest BCUT2D eigenvalue weighted by atomic mass is 16.4. The van der Waals surface area contributed by atoms with Gasteiger partial charge in [0.1, 0.15) is 0 Å². The number of carbonyl (C=O) groups is 1. The van der Waals surface area contributed by atoms with Crippen LogP contribution in [-0.2, 0) is 24.1 Å². The average molecular weight is 367 g/mol. The summed E-state index contributed by atoms with van der Waals surface area (Å²) in [6.45, 7) is 2.27. The van der Waals surface area contributed by atoms with E-state index < -0.39 is 5.97 Å². The topological polar surface area (TPSA) is 37.3 Å². The van der Waals surface area contributed by atoms with E-state index in [-0.39, 0.29) is 6.42 Å². The monoisotopic (exact) mass is 366 g/mol. The summed E-state index contributed by atoms with van der Waals surface area (Å²) in [7, 11) is 0. The largest absolute Gasteiger partial charge is 0.481 e. The fourth-order valence-corrected chi connectivity index (χ4v) is 3.47. The normalized spacial score (nSPS) is 10.9. The van der Waals surface area contributed by atoms with E-state index in [9.17, 15) is 4.79 Å². The van der Waals surface area contributed by atoms with Crippen molar-refractivity contribution in [3.8, 4) is 0 Å². The Morgan fingerprint density at radius 3 is 1.63 bits per heavy atom. The maximum absolute atomic E-state index is 10.7. The Balaban J connectivity index is 1.68. The third-order valence-electron chi connectivity index (χ3n) is 5.13. The van der Waals surface area contributed by atoms with Gasteiger partial charge in [0.05, 0.1) is 6.42 Å². The molecule has 27 heavy (non-hydrogen) atoms. The molecule has 2 aromatic carbocycles. The molecular weight excluding hydrogens is 332 g/mol. The summed E-state index contributed by atoms with van der Waals surface area (Å²) in [5.41, 5.74) is 4.81. The number of aryl methyl sites for hydroxylation is 1. The number of rotatable bonds is 13. The van der Waals surface area contributed by atoms with Gasteiger partial charge in [-0.1, -0.05) is 100 Å². The smallest absolute Gasteiger partial charge is 0.307 e. The Morgan fingerprint density at radius 1 is 0.667 bits per heavy atom. The molecule has 1 N–H and O–H groups in total. The van der Waals surface area contributed by atoms with Crippen LogP contribution in [0.2, 0.25) is 0 Å². The predicted octanol–water partition coefficient (Wildman–Crippen LogP) is 6.59. The molecule has 0 radical (unpaired) electrons. The van der Waals surface area contributed by atoms with Crippen LogP contribution in [0.25, 0.3) is 0 Å². The van der Waals surface area contributed by atoms with Crippen molar-refractivity contribution in [3.05, 3.63) is 70.8 Å². The van der Waals surface area contributed by atoms with Gasteiger partial charge < -0.3 is 5.11 Å². The quantitative estimate of drug-likeness (QED) is 0.406. The van der Waals surface area contributed by atoms with Gasteiger partial charge >= 0.3 is 5.97 Å². The van der Waals surface area contributed by atoms with Gasteiger partial charge in [0.2, 0.25) is 0 Å². The van der Waals surface area contributed by atoms with Crippen LogP contribution >= 0.6 is 0 Å². The molecule has 0 aliphatic rings. The van der Waals surface area contributed by atoms with Crippen LogP contribution in [0.1, 0.15) is 80.5 Å². The van der Waals surface area contributed by atoms with Crippen molar-refractivity contribution in [1.82, 2.24) is 0 Å². The first-order chi connectivity index (χ1) is 13.2. The molecule has 2 aromatic rings. The van der Waals surface area contributed by atoms with Crippen molar-refractivity contribution < 1.29 is 9.90 Å². The first kappa shape index (κ1) is 21.2. The molecule has 0 aliphatic carbocycles. The standard InChI is InChI=1S/C25H34O2/c1-2-3-4-5-6-7-8-9-10-21-11-13-22(14-12-21)19-23-15-17-24(18-16-23)20-25(26)27/h11-18H,2-10,19-20H2,1H3,(H,26,27). The minimum absolute atomic E-state index is 0.0910. The van der Waals surface area contributed by atoms with Crippen LogP contribution in [-0.4, -0.2) is 11.1 Å². The zero-order valence-electron chi connectivity index (χ0n) is 16.8. The summed E-state index contributed by atoms with van der Waals surface area (Å²) < 4.78 is 0. The number of unbranched alkanes of at least 4 members (excludes halogenated alkanes) is 7. The third-order valence-corrected chi connectivity index (χ3v) is 5.13.